The summed E-state index contributed by atoms with van der Waals surface area (Å²) in [6.07, 6.45) is 0. The van der Waals surface area contributed by atoms with Gasteiger partial charge in [-0.1, -0.05) is 48.0 Å². The first-order valence-corrected chi connectivity index (χ1v) is 8.17. The van der Waals surface area contributed by atoms with Crippen LogP contribution in [-0.4, -0.2) is 7.05 Å². The van der Waals surface area contributed by atoms with Crippen molar-refractivity contribution in [2.75, 3.05) is 17.6 Å². The number of rotatable bonds is 5. The smallest absolute Gasteiger partial charge is 0.154 e. The van der Waals surface area contributed by atoms with E-state index in [0.29, 0.717) is 16.7 Å². The van der Waals surface area contributed by atoms with Crippen LogP contribution in [0.2, 0.25) is 0 Å². The third-order valence-electron chi connectivity index (χ3n) is 4.13. The van der Waals surface area contributed by atoms with Gasteiger partial charge in [-0.25, -0.2) is 0 Å². The normalized spacial score (nSPS) is 10.4. The number of benzene rings is 3. The summed E-state index contributed by atoms with van der Waals surface area (Å²) in [7, 11) is 1.83. The van der Waals surface area contributed by atoms with Crippen LogP contribution in [0.1, 0.15) is 11.1 Å². The largest absolute Gasteiger partial charge is 0.724 e. The Bertz CT molecular complexity index is 843. The summed E-state index contributed by atoms with van der Waals surface area (Å²) < 4.78 is 0. The number of nitrogens with one attached hydrogen (secondary N) is 1. The summed E-state index contributed by atoms with van der Waals surface area (Å²) in [5.74, 6) is 0.498. The van der Waals surface area contributed by atoms with Crippen molar-refractivity contribution in [3.8, 4) is 16.9 Å². The van der Waals surface area contributed by atoms with E-state index in [9.17, 15) is 5.21 Å². The molecule has 0 saturated heterocycles. The first-order chi connectivity index (χ1) is 12.1. The molecule has 0 saturated carbocycles. The minimum Gasteiger partial charge on any atom is -0.724 e. The lowest BCUT2D eigenvalue weighted by Crippen LogP contribution is -2.19. The first kappa shape index (κ1) is 16.9. The third kappa shape index (κ3) is 3.92. The molecule has 1 N–H and O–H groups in total. The van der Waals surface area contributed by atoms with E-state index in [1.54, 1.807) is 24.3 Å². The predicted octanol–water partition coefficient (Wildman–Crippen LogP) is 5.31. The van der Waals surface area contributed by atoms with Gasteiger partial charge in [0, 0.05) is 12.7 Å². The lowest BCUT2D eigenvalue weighted by molar-refractivity contribution is 0.319. The van der Waals surface area contributed by atoms with Crippen LogP contribution in [0, 0.1) is 19.1 Å². The molecule has 0 unspecified atom stereocenters. The maximum atomic E-state index is 12.3. The van der Waals surface area contributed by atoms with Gasteiger partial charge in [0.15, 0.2) is 5.75 Å². The molecule has 0 aliphatic carbocycles. The number of anilines is 2. The summed E-state index contributed by atoms with van der Waals surface area (Å²) in [6.45, 7) is 4.05. The van der Waals surface area contributed by atoms with Crippen LogP contribution >= 0.6 is 0 Å². The number of hydrogen-bond donors (Lipinski definition) is 1. The predicted molar refractivity (Wildman–Crippen MR) is 104 cm³/mol. The van der Waals surface area contributed by atoms with E-state index in [0.717, 1.165) is 22.4 Å². The van der Waals surface area contributed by atoms with E-state index in [1.165, 1.54) is 5.56 Å². The topological polar surface area (TPSA) is 47.6 Å². The van der Waals surface area contributed by atoms with E-state index in [1.807, 2.05) is 32.2 Å². The molecule has 0 aliphatic rings. The molecule has 0 aromatic heterocycles. The van der Waals surface area contributed by atoms with Crippen LogP contribution < -0.4 is 15.4 Å². The zero-order chi connectivity index (χ0) is 17.8. The van der Waals surface area contributed by atoms with Crippen LogP contribution in [0.25, 0.3) is 11.1 Å². The molecule has 0 atom stereocenters. The second-order valence-electron chi connectivity index (χ2n) is 5.99. The summed E-state index contributed by atoms with van der Waals surface area (Å²) in [6, 6.07) is 21.2. The Balaban J connectivity index is 1.73. The fourth-order valence-corrected chi connectivity index (χ4v) is 2.60. The van der Waals surface area contributed by atoms with Crippen LogP contribution in [0.5, 0.6) is 5.75 Å². The number of hydrogen-bond acceptors (Lipinski definition) is 4. The molecular weight excluding hydrogens is 312 g/mol. The van der Waals surface area contributed by atoms with Crippen LogP contribution in [0.15, 0.2) is 66.7 Å². The van der Waals surface area contributed by atoms with Gasteiger partial charge in [-0.2, -0.15) is 0 Å². The monoisotopic (exact) mass is 333 g/mol. The van der Waals surface area contributed by atoms with Crippen molar-refractivity contribution in [3.63, 3.8) is 0 Å². The lowest BCUT2D eigenvalue weighted by atomic mass is 10.0. The molecule has 25 heavy (non-hydrogen) atoms. The standard InChI is InChI=1S/C21H21N2O2/c1-15-4-7-17(8-5-15)18-9-12-20(13-10-18)25-23(24)19-11-6-16(2)21(14-19)22-3/h4-14,22H,1-3H3/q-1. The highest BCUT2D eigenvalue weighted by atomic mass is 16.9. The molecule has 0 aliphatic heterocycles. The first-order valence-electron chi connectivity index (χ1n) is 8.17. The minimum absolute atomic E-state index is 0.442. The summed E-state index contributed by atoms with van der Waals surface area (Å²) in [4.78, 5) is 5.40. The Morgan fingerprint density at radius 1 is 0.840 bits per heavy atom. The molecule has 3 aromatic carbocycles. The molecule has 0 heterocycles. The second-order valence-corrected chi connectivity index (χ2v) is 5.99. The maximum Gasteiger partial charge on any atom is 0.154 e. The fraction of sp³-hybridized carbons (Fsp3) is 0.143. The van der Waals surface area contributed by atoms with Gasteiger partial charge < -0.3 is 15.4 Å². The summed E-state index contributed by atoms with van der Waals surface area (Å²) in [5.41, 5.74) is 5.85. The average molecular weight is 333 g/mol. The van der Waals surface area contributed by atoms with Crippen molar-refractivity contribution in [1.82, 2.24) is 0 Å². The molecule has 4 heteroatoms. The van der Waals surface area contributed by atoms with Gasteiger partial charge >= 0.3 is 0 Å². The Hall–Kier alpha value is -2.98. The molecule has 4 nitrogen and oxygen atoms in total. The number of aryl methyl sites for hydroxylation is 2. The molecule has 0 radical (unpaired) electrons. The highest BCUT2D eigenvalue weighted by Gasteiger charge is 2.04. The van der Waals surface area contributed by atoms with E-state index in [2.05, 4.69) is 36.5 Å². The Morgan fingerprint density at radius 2 is 1.44 bits per heavy atom. The van der Waals surface area contributed by atoms with Crippen molar-refractivity contribution in [1.29, 1.82) is 0 Å². The highest BCUT2D eigenvalue weighted by molar-refractivity contribution is 5.65. The highest BCUT2D eigenvalue weighted by Crippen LogP contribution is 2.26. The maximum absolute atomic E-state index is 12.3. The van der Waals surface area contributed by atoms with Gasteiger partial charge in [-0.05, 0) is 54.8 Å². The van der Waals surface area contributed by atoms with Gasteiger partial charge in [0.2, 0.25) is 0 Å². The van der Waals surface area contributed by atoms with Gasteiger partial charge in [-0.15, -0.1) is 0 Å². The molecule has 128 valence electrons. The van der Waals surface area contributed by atoms with E-state index >= 15 is 0 Å². The van der Waals surface area contributed by atoms with Crippen molar-refractivity contribution >= 4 is 11.4 Å². The van der Waals surface area contributed by atoms with Crippen molar-refractivity contribution in [2.45, 2.75) is 13.8 Å². The average Bonchev–Trinajstić information content (AvgIpc) is 2.63. The Labute approximate surface area is 148 Å². The van der Waals surface area contributed by atoms with Crippen LogP contribution in [-0.2, 0) is 0 Å². The molecule has 0 spiro atoms. The van der Waals surface area contributed by atoms with Crippen molar-refractivity contribution in [3.05, 3.63) is 83.1 Å². The van der Waals surface area contributed by atoms with Gasteiger partial charge in [0.05, 0.1) is 5.69 Å². The Morgan fingerprint density at radius 3 is 2.04 bits per heavy atom. The molecular formula is C21H21N2O2-. The molecule has 0 bridgehead atoms. The molecule has 0 amide bonds. The fourth-order valence-electron chi connectivity index (χ4n) is 2.60. The van der Waals surface area contributed by atoms with Crippen molar-refractivity contribution in [2.24, 2.45) is 0 Å². The van der Waals surface area contributed by atoms with Gasteiger partial charge in [-0.3, -0.25) is 5.23 Å². The molecule has 3 aromatic rings. The van der Waals surface area contributed by atoms with Gasteiger partial charge in [0.1, 0.15) is 0 Å². The summed E-state index contributed by atoms with van der Waals surface area (Å²) >= 11 is 0. The second kappa shape index (κ2) is 7.28. The minimum atomic E-state index is 0.442. The third-order valence-corrected chi connectivity index (χ3v) is 4.13. The zero-order valence-corrected chi connectivity index (χ0v) is 14.6. The van der Waals surface area contributed by atoms with Crippen LogP contribution in [0.3, 0.4) is 0 Å². The summed E-state index contributed by atoms with van der Waals surface area (Å²) in [5, 5.41) is 15.8. The SMILES string of the molecule is CNc1cc(N([O-])Oc2ccc(-c3ccc(C)cc3)cc2)ccc1C. The lowest BCUT2D eigenvalue weighted by Gasteiger charge is -2.30. The molecule has 3 rings (SSSR count). The molecule has 0 fully saturated rings. The Kier molecular flexibility index (Phi) is 4.91. The number of nitrogens with zero attached hydrogens (tertiary/aromatic N) is 1. The van der Waals surface area contributed by atoms with Gasteiger partial charge in [0.25, 0.3) is 0 Å². The quantitative estimate of drug-likeness (QED) is 0.643. The van der Waals surface area contributed by atoms with E-state index in [-0.39, 0.29) is 0 Å². The van der Waals surface area contributed by atoms with Crippen molar-refractivity contribution < 1.29 is 4.84 Å². The van der Waals surface area contributed by atoms with Crippen LogP contribution in [0.4, 0.5) is 11.4 Å². The zero-order valence-electron chi connectivity index (χ0n) is 14.6. The van der Waals surface area contributed by atoms with E-state index in [4.69, 9.17) is 4.84 Å². The van der Waals surface area contributed by atoms with E-state index < -0.39 is 0 Å².